The van der Waals surface area contributed by atoms with Crippen LogP contribution < -0.4 is 0 Å². The maximum atomic E-state index is 9.67. The Hall–Kier alpha value is 0.270. The number of rotatable bonds is 2. The molecular weight excluding hydrogens is 124 g/mol. The molecule has 0 aliphatic rings. The zero-order valence-corrected chi connectivity index (χ0v) is 6.25. The molecule has 0 spiro atoms. The molecule has 0 saturated carbocycles. The molecule has 0 fully saturated rings. The van der Waals surface area contributed by atoms with Crippen molar-refractivity contribution in [3.63, 3.8) is 0 Å². The molecule has 0 unspecified atom stereocenters. The molecule has 0 aliphatic heterocycles. The second-order valence-corrected chi connectivity index (χ2v) is 3.26. The van der Waals surface area contributed by atoms with Crippen LogP contribution in [0.15, 0.2) is 0 Å². The zero-order valence-electron chi connectivity index (χ0n) is 5.43. The van der Waals surface area contributed by atoms with E-state index in [1.807, 2.05) is 20.8 Å². The molecule has 0 aromatic heterocycles. The molecule has 0 saturated heterocycles. The van der Waals surface area contributed by atoms with Crippen LogP contribution in [0.1, 0.15) is 20.8 Å². The summed E-state index contributed by atoms with van der Waals surface area (Å²) in [7, 11) is 0. The Morgan fingerprint density at radius 3 is 2.12 bits per heavy atom. The van der Waals surface area contributed by atoms with Crippen LogP contribution in [-0.2, 0) is 8.74 Å². The molecule has 8 heavy (non-hydrogen) atoms. The maximum Gasteiger partial charge on any atom is 0.195 e. The van der Waals surface area contributed by atoms with Crippen LogP contribution in [0.3, 0.4) is 0 Å². The summed E-state index contributed by atoms with van der Waals surface area (Å²) in [5, 5.41) is 0. The van der Waals surface area contributed by atoms with Crippen LogP contribution in [0.2, 0.25) is 0 Å². The minimum absolute atomic E-state index is 0.109. The van der Waals surface area contributed by atoms with Crippen LogP contribution >= 0.6 is 12.3 Å². The first-order valence-corrected chi connectivity index (χ1v) is 3.14. The van der Waals surface area contributed by atoms with Crippen molar-refractivity contribution in [1.29, 1.82) is 0 Å². The summed E-state index contributed by atoms with van der Waals surface area (Å²) in [5.41, 5.74) is 0.109. The SMILES string of the molecule is CC(C)(C)COS[O]. The van der Waals surface area contributed by atoms with Crippen LogP contribution in [0.4, 0.5) is 0 Å². The molecule has 0 heterocycles. The second-order valence-electron chi connectivity index (χ2n) is 2.89. The van der Waals surface area contributed by atoms with Crippen LogP contribution in [0.25, 0.3) is 0 Å². The molecule has 0 amide bonds. The molecule has 2 nitrogen and oxygen atoms in total. The fourth-order valence-electron chi connectivity index (χ4n) is 0.201. The van der Waals surface area contributed by atoms with E-state index in [4.69, 9.17) is 0 Å². The lowest BCUT2D eigenvalue weighted by Crippen LogP contribution is -2.11. The van der Waals surface area contributed by atoms with E-state index in [-0.39, 0.29) is 17.7 Å². The highest BCUT2D eigenvalue weighted by atomic mass is 32.2. The van der Waals surface area contributed by atoms with Gasteiger partial charge in [0.2, 0.25) is 0 Å². The van der Waals surface area contributed by atoms with Crippen molar-refractivity contribution in [2.75, 3.05) is 6.61 Å². The van der Waals surface area contributed by atoms with Gasteiger partial charge in [-0.3, -0.25) is 4.18 Å². The molecule has 0 bridgehead atoms. The van der Waals surface area contributed by atoms with E-state index < -0.39 is 0 Å². The van der Waals surface area contributed by atoms with E-state index in [2.05, 4.69) is 4.18 Å². The average Bonchev–Trinajstić information content (AvgIpc) is 1.59. The summed E-state index contributed by atoms with van der Waals surface area (Å²) < 4.78 is 14.2. The van der Waals surface area contributed by atoms with E-state index in [0.717, 1.165) is 0 Å². The largest absolute Gasteiger partial charge is 0.289 e. The van der Waals surface area contributed by atoms with Crippen molar-refractivity contribution in [3.05, 3.63) is 0 Å². The van der Waals surface area contributed by atoms with Crippen LogP contribution in [0.5, 0.6) is 0 Å². The fourth-order valence-corrected chi connectivity index (χ4v) is 0.602. The Kier molecular flexibility index (Phi) is 3.44. The second kappa shape index (κ2) is 3.33. The van der Waals surface area contributed by atoms with Crippen LogP contribution in [0, 0.1) is 5.41 Å². The van der Waals surface area contributed by atoms with Gasteiger partial charge in [0.25, 0.3) is 0 Å². The molecule has 0 aromatic carbocycles. The Bertz CT molecular complexity index is 57.9. The van der Waals surface area contributed by atoms with Gasteiger partial charge in [-0.25, -0.2) is 0 Å². The normalized spacial score (nSPS) is 12.0. The van der Waals surface area contributed by atoms with E-state index in [9.17, 15) is 4.55 Å². The number of hydrogen-bond acceptors (Lipinski definition) is 2. The molecule has 3 heteroatoms. The first kappa shape index (κ1) is 8.27. The quantitative estimate of drug-likeness (QED) is 0.542. The van der Waals surface area contributed by atoms with Gasteiger partial charge in [0.05, 0.1) is 6.61 Å². The molecule has 1 radical (unpaired) electrons. The lowest BCUT2D eigenvalue weighted by atomic mass is 9.99. The standard InChI is InChI=1S/C5H11O2S/c1-5(2,3)4-7-8-6/h4H2,1-3H3. The van der Waals surface area contributed by atoms with Gasteiger partial charge in [-0.2, -0.15) is 0 Å². The van der Waals surface area contributed by atoms with Gasteiger partial charge in [-0.15, -0.1) is 4.55 Å². The summed E-state index contributed by atoms with van der Waals surface area (Å²) in [6.07, 6.45) is 0. The maximum absolute atomic E-state index is 9.67. The molecule has 0 aromatic rings. The van der Waals surface area contributed by atoms with Gasteiger partial charge in [0, 0.05) is 0 Å². The van der Waals surface area contributed by atoms with Gasteiger partial charge < -0.3 is 0 Å². The van der Waals surface area contributed by atoms with Crippen molar-refractivity contribution in [2.24, 2.45) is 5.41 Å². The minimum Gasteiger partial charge on any atom is -0.289 e. The average molecular weight is 135 g/mol. The van der Waals surface area contributed by atoms with Crippen molar-refractivity contribution in [2.45, 2.75) is 20.8 Å². The van der Waals surface area contributed by atoms with Gasteiger partial charge in [0.1, 0.15) is 0 Å². The summed E-state index contributed by atoms with van der Waals surface area (Å²) in [5.74, 6) is 0. The fraction of sp³-hybridized carbons (Fsp3) is 1.00. The van der Waals surface area contributed by atoms with E-state index in [1.165, 1.54) is 0 Å². The van der Waals surface area contributed by atoms with Gasteiger partial charge in [-0.1, -0.05) is 20.8 Å². The third-order valence-corrected chi connectivity index (χ3v) is 0.754. The lowest BCUT2D eigenvalue weighted by Gasteiger charge is -2.14. The molecular formula is C5H11O2S. The number of hydrogen-bond donors (Lipinski definition) is 0. The summed E-state index contributed by atoms with van der Waals surface area (Å²) in [4.78, 5) is 0. The highest BCUT2D eigenvalue weighted by molar-refractivity contribution is 7.88. The Labute approximate surface area is 54.6 Å². The Morgan fingerprint density at radius 1 is 1.50 bits per heavy atom. The minimum atomic E-state index is 0.109. The molecule has 0 aliphatic carbocycles. The molecule has 0 N–H and O–H groups in total. The zero-order chi connectivity index (χ0) is 6.62. The Morgan fingerprint density at radius 2 is 2.00 bits per heavy atom. The van der Waals surface area contributed by atoms with Crippen molar-refractivity contribution in [3.8, 4) is 0 Å². The van der Waals surface area contributed by atoms with Crippen molar-refractivity contribution in [1.82, 2.24) is 0 Å². The topological polar surface area (TPSA) is 29.1 Å². The summed E-state index contributed by atoms with van der Waals surface area (Å²) >= 11 is 0.178. The Balaban J connectivity index is 3.11. The predicted octanol–water partition coefficient (Wildman–Crippen LogP) is 2.04. The summed E-state index contributed by atoms with van der Waals surface area (Å²) in [6.45, 7) is 6.57. The molecule has 0 rings (SSSR count). The third kappa shape index (κ3) is 6.27. The van der Waals surface area contributed by atoms with Gasteiger partial charge in [-0.05, 0) is 5.41 Å². The smallest absolute Gasteiger partial charge is 0.195 e. The highest BCUT2D eigenvalue weighted by Crippen LogP contribution is 2.15. The third-order valence-electron chi connectivity index (χ3n) is 0.540. The first-order valence-electron chi connectivity index (χ1n) is 2.48. The first-order chi connectivity index (χ1) is 3.56. The monoisotopic (exact) mass is 135 g/mol. The highest BCUT2D eigenvalue weighted by Gasteiger charge is 2.09. The lowest BCUT2D eigenvalue weighted by molar-refractivity contribution is 0.209. The van der Waals surface area contributed by atoms with E-state index in [1.54, 1.807) is 0 Å². The van der Waals surface area contributed by atoms with E-state index >= 15 is 0 Å². The van der Waals surface area contributed by atoms with Crippen LogP contribution in [-0.4, -0.2) is 6.61 Å². The molecule has 0 atom stereocenters. The van der Waals surface area contributed by atoms with Gasteiger partial charge in [0.15, 0.2) is 12.3 Å². The van der Waals surface area contributed by atoms with Gasteiger partial charge >= 0.3 is 0 Å². The molecule has 49 valence electrons. The summed E-state index contributed by atoms with van der Waals surface area (Å²) in [6, 6.07) is 0. The van der Waals surface area contributed by atoms with Crippen molar-refractivity contribution >= 4 is 12.3 Å². The predicted molar refractivity (Wildman–Crippen MR) is 33.7 cm³/mol. The van der Waals surface area contributed by atoms with Crippen molar-refractivity contribution < 1.29 is 8.74 Å². The van der Waals surface area contributed by atoms with E-state index in [0.29, 0.717) is 6.61 Å².